The summed E-state index contributed by atoms with van der Waals surface area (Å²) in [5, 5.41) is 4.74. The fourth-order valence-electron chi connectivity index (χ4n) is 1.94. The smallest absolute Gasteiger partial charge is 0.168 e. The number of rotatable bonds is 4. The van der Waals surface area contributed by atoms with Crippen molar-refractivity contribution in [1.82, 2.24) is 9.78 Å². The number of Topliss-reactive ketones (excluding diaryl/α,β-unsaturated/α-hetero) is 1. The highest BCUT2D eigenvalue weighted by Gasteiger charge is 2.17. The van der Waals surface area contributed by atoms with Crippen LogP contribution in [-0.4, -0.2) is 15.6 Å². The Morgan fingerprint density at radius 2 is 2.10 bits per heavy atom. The second kappa shape index (κ2) is 5.94. The van der Waals surface area contributed by atoms with Crippen LogP contribution in [0.15, 0.2) is 18.2 Å². The second-order valence-corrected chi connectivity index (χ2v) is 5.20. The summed E-state index contributed by atoms with van der Waals surface area (Å²) in [6, 6.07) is 4.00. The predicted molar refractivity (Wildman–Crippen MR) is 77.0 cm³/mol. The number of nitrogens with zero attached hydrogens (tertiary/aromatic N) is 2. The summed E-state index contributed by atoms with van der Waals surface area (Å²) in [6.07, 6.45) is 0.764. The van der Waals surface area contributed by atoms with Crippen molar-refractivity contribution in [3.05, 3.63) is 51.0 Å². The molecule has 0 aliphatic carbocycles. The summed E-state index contributed by atoms with van der Waals surface area (Å²) in [5.41, 5.74) is 1.64. The summed E-state index contributed by atoms with van der Waals surface area (Å²) in [5.74, 6) is -0.837. The molecular weight excluding hydrogens is 302 g/mol. The van der Waals surface area contributed by atoms with Gasteiger partial charge in [0.05, 0.1) is 27.9 Å². The van der Waals surface area contributed by atoms with Gasteiger partial charge in [-0.05, 0) is 24.6 Å². The van der Waals surface area contributed by atoms with Crippen LogP contribution in [-0.2, 0) is 19.9 Å². The van der Waals surface area contributed by atoms with Gasteiger partial charge in [-0.15, -0.1) is 0 Å². The zero-order valence-corrected chi connectivity index (χ0v) is 12.6. The maximum atomic E-state index is 13.4. The van der Waals surface area contributed by atoms with Crippen molar-refractivity contribution < 1.29 is 9.18 Å². The van der Waals surface area contributed by atoms with E-state index in [4.69, 9.17) is 23.2 Å². The molecule has 0 aliphatic heterocycles. The van der Waals surface area contributed by atoms with Crippen molar-refractivity contribution >= 4 is 29.0 Å². The molecule has 0 aliphatic rings. The minimum atomic E-state index is -0.608. The van der Waals surface area contributed by atoms with Gasteiger partial charge in [0, 0.05) is 12.6 Å². The van der Waals surface area contributed by atoms with Gasteiger partial charge in [0.2, 0.25) is 0 Å². The van der Waals surface area contributed by atoms with E-state index in [0.29, 0.717) is 17.1 Å². The highest BCUT2D eigenvalue weighted by Crippen LogP contribution is 2.23. The Morgan fingerprint density at radius 3 is 2.65 bits per heavy atom. The van der Waals surface area contributed by atoms with Gasteiger partial charge in [-0.3, -0.25) is 9.48 Å². The van der Waals surface area contributed by atoms with Crippen molar-refractivity contribution in [2.45, 2.75) is 19.8 Å². The molecule has 2 rings (SSSR count). The third kappa shape index (κ3) is 2.86. The van der Waals surface area contributed by atoms with E-state index >= 15 is 0 Å². The van der Waals surface area contributed by atoms with Crippen LogP contribution in [0.5, 0.6) is 0 Å². The van der Waals surface area contributed by atoms with Gasteiger partial charge >= 0.3 is 0 Å². The molecule has 1 heterocycles. The van der Waals surface area contributed by atoms with Crippen molar-refractivity contribution in [1.29, 1.82) is 0 Å². The Balaban J connectivity index is 2.28. The van der Waals surface area contributed by atoms with Crippen LogP contribution in [0.1, 0.15) is 28.7 Å². The lowest BCUT2D eigenvalue weighted by molar-refractivity contribution is 0.0990. The minimum Gasteiger partial charge on any atom is -0.294 e. The van der Waals surface area contributed by atoms with Crippen LogP contribution in [0.2, 0.25) is 10.0 Å². The summed E-state index contributed by atoms with van der Waals surface area (Å²) in [4.78, 5) is 12.2. The zero-order valence-electron chi connectivity index (χ0n) is 11.1. The minimum absolute atomic E-state index is 0.00613. The second-order valence-electron chi connectivity index (χ2n) is 4.41. The summed E-state index contributed by atoms with van der Waals surface area (Å²) >= 11 is 11.8. The molecule has 2 aromatic rings. The van der Waals surface area contributed by atoms with Crippen molar-refractivity contribution in [2.75, 3.05) is 0 Å². The number of hydrogen-bond acceptors (Lipinski definition) is 2. The van der Waals surface area contributed by atoms with E-state index in [1.165, 1.54) is 12.1 Å². The van der Waals surface area contributed by atoms with Crippen molar-refractivity contribution in [3.8, 4) is 0 Å². The maximum absolute atomic E-state index is 13.4. The monoisotopic (exact) mass is 314 g/mol. The molecule has 0 atom stereocenters. The quantitative estimate of drug-likeness (QED) is 0.803. The Labute approximate surface area is 126 Å². The van der Waals surface area contributed by atoms with Crippen molar-refractivity contribution in [2.24, 2.45) is 7.05 Å². The molecule has 0 radical (unpaired) electrons. The molecule has 0 amide bonds. The molecule has 3 nitrogen and oxygen atoms in total. The molecule has 6 heteroatoms. The van der Waals surface area contributed by atoms with Gasteiger partial charge in [0.15, 0.2) is 5.78 Å². The van der Waals surface area contributed by atoms with Crippen LogP contribution in [0.4, 0.5) is 4.39 Å². The highest BCUT2D eigenvalue weighted by atomic mass is 35.5. The van der Waals surface area contributed by atoms with Crippen LogP contribution in [0, 0.1) is 5.82 Å². The lowest BCUT2D eigenvalue weighted by Crippen LogP contribution is -2.08. The Bertz CT molecular complexity index is 667. The van der Waals surface area contributed by atoms with E-state index in [0.717, 1.165) is 11.8 Å². The fraction of sp³-hybridized carbons (Fsp3) is 0.286. The van der Waals surface area contributed by atoms with Crippen LogP contribution < -0.4 is 0 Å². The van der Waals surface area contributed by atoms with E-state index in [2.05, 4.69) is 5.10 Å². The van der Waals surface area contributed by atoms with Gasteiger partial charge in [-0.2, -0.15) is 5.10 Å². The third-order valence-electron chi connectivity index (χ3n) is 3.07. The number of aromatic nitrogens is 2. The molecule has 20 heavy (non-hydrogen) atoms. The molecule has 0 N–H and O–H groups in total. The topological polar surface area (TPSA) is 34.9 Å². The molecule has 0 fully saturated rings. The number of aryl methyl sites for hydroxylation is 2. The molecule has 106 valence electrons. The van der Waals surface area contributed by atoms with E-state index in [1.54, 1.807) is 11.7 Å². The first kappa shape index (κ1) is 15.0. The number of carbonyl (C=O) groups excluding carboxylic acids is 1. The standard InChI is InChI=1S/C14H13Cl2FN2O/c1-3-11-14(16)12(19(2)18-11)7-13(20)8-4-5-9(15)10(17)6-8/h4-6H,3,7H2,1-2H3. The highest BCUT2D eigenvalue weighted by molar-refractivity contribution is 6.32. The van der Waals surface area contributed by atoms with E-state index in [-0.39, 0.29) is 22.8 Å². The predicted octanol–water partition coefficient (Wildman–Crippen LogP) is 3.85. The Kier molecular flexibility index (Phi) is 4.45. The molecule has 1 aromatic carbocycles. The summed E-state index contributed by atoms with van der Waals surface area (Å²) in [6.45, 7) is 1.94. The first-order chi connectivity index (χ1) is 9.43. The van der Waals surface area contributed by atoms with Gasteiger partial charge < -0.3 is 0 Å². The van der Waals surface area contributed by atoms with Gasteiger partial charge in [-0.25, -0.2) is 4.39 Å². The van der Waals surface area contributed by atoms with E-state index in [9.17, 15) is 9.18 Å². The van der Waals surface area contributed by atoms with E-state index < -0.39 is 5.82 Å². The average Bonchev–Trinajstić information content (AvgIpc) is 2.69. The molecule has 0 spiro atoms. The number of carbonyl (C=O) groups is 1. The van der Waals surface area contributed by atoms with Crippen LogP contribution in [0.3, 0.4) is 0 Å². The number of ketones is 1. The normalized spacial score (nSPS) is 10.8. The summed E-state index contributed by atoms with van der Waals surface area (Å²) in [7, 11) is 1.73. The maximum Gasteiger partial charge on any atom is 0.168 e. The molecule has 1 aromatic heterocycles. The lowest BCUT2D eigenvalue weighted by Gasteiger charge is -2.04. The lowest BCUT2D eigenvalue weighted by atomic mass is 10.1. The zero-order chi connectivity index (χ0) is 14.9. The van der Waals surface area contributed by atoms with E-state index in [1.807, 2.05) is 6.92 Å². The Morgan fingerprint density at radius 1 is 1.40 bits per heavy atom. The van der Waals surface area contributed by atoms with Gasteiger partial charge in [0.25, 0.3) is 0 Å². The first-order valence-corrected chi connectivity index (χ1v) is 6.88. The Hall–Kier alpha value is -1.39. The first-order valence-electron chi connectivity index (χ1n) is 6.12. The van der Waals surface area contributed by atoms with Crippen LogP contribution >= 0.6 is 23.2 Å². The fourth-order valence-corrected chi connectivity index (χ4v) is 2.41. The molecule has 0 unspecified atom stereocenters. The average molecular weight is 315 g/mol. The van der Waals surface area contributed by atoms with Gasteiger partial charge in [-0.1, -0.05) is 30.1 Å². The summed E-state index contributed by atoms with van der Waals surface area (Å²) < 4.78 is 15.0. The molecule has 0 saturated heterocycles. The number of hydrogen-bond donors (Lipinski definition) is 0. The molecule has 0 saturated carbocycles. The largest absolute Gasteiger partial charge is 0.294 e. The molecular formula is C14H13Cl2FN2O. The number of halogens is 3. The van der Waals surface area contributed by atoms with Crippen LogP contribution in [0.25, 0.3) is 0 Å². The SMILES string of the molecule is CCc1nn(C)c(CC(=O)c2ccc(Cl)c(F)c2)c1Cl. The number of benzene rings is 1. The molecule has 0 bridgehead atoms. The van der Waals surface area contributed by atoms with Gasteiger partial charge in [0.1, 0.15) is 5.82 Å². The van der Waals surface area contributed by atoms with Crippen molar-refractivity contribution in [3.63, 3.8) is 0 Å². The third-order valence-corrected chi connectivity index (χ3v) is 3.82.